The van der Waals surface area contributed by atoms with E-state index in [1.165, 1.54) is 12.7 Å². The Balaban J connectivity index is 2.02. The summed E-state index contributed by atoms with van der Waals surface area (Å²) in [5.41, 5.74) is 2.54. The molecular formula is C14H19N5O2. The number of aliphatic hydroxyl groups excluding tert-OH is 1. The van der Waals surface area contributed by atoms with Crippen molar-refractivity contribution in [3.63, 3.8) is 0 Å². The Morgan fingerprint density at radius 3 is 3.10 bits per heavy atom. The molecule has 21 heavy (non-hydrogen) atoms. The van der Waals surface area contributed by atoms with E-state index in [4.69, 9.17) is 15.3 Å². The van der Waals surface area contributed by atoms with E-state index in [0.29, 0.717) is 11.2 Å². The molecule has 112 valence electrons. The fourth-order valence-electron chi connectivity index (χ4n) is 2.66. The third kappa shape index (κ3) is 2.74. The fourth-order valence-corrected chi connectivity index (χ4v) is 2.66. The molecular weight excluding hydrogens is 270 g/mol. The monoisotopic (exact) mass is 289 g/mol. The zero-order valence-electron chi connectivity index (χ0n) is 11.7. The van der Waals surface area contributed by atoms with Crippen molar-refractivity contribution in [1.82, 2.24) is 19.5 Å². The lowest BCUT2D eigenvalue weighted by Gasteiger charge is -2.25. The van der Waals surface area contributed by atoms with Crippen LogP contribution in [-0.4, -0.2) is 37.8 Å². The van der Waals surface area contributed by atoms with Crippen LogP contribution in [0.4, 0.5) is 0 Å². The molecule has 7 nitrogen and oxygen atoms in total. The molecule has 0 aromatic carbocycles. The molecule has 0 bridgehead atoms. The summed E-state index contributed by atoms with van der Waals surface area (Å²) in [6.07, 6.45) is 9.20. The highest BCUT2D eigenvalue weighted by molar-refractivity contribution is 5.67. The van der Waals surface area contributed by atoms with Gasteiger partial charge in [0.1, 0.15) is 11.8 Å². The van der Waals surface area contributed by atoms with E-state index < -0.39 is 0 Å². The minimum atomic E-state index is -0.384. The van der Waals surface area contributed by atoms with E-state index in [9.17, 15) is 0 Å². The van der Waals surface area contributed by atoms with Crippen LogP contribution in [-0.2, 0) is 4.74 Å². The van der Waals surface area contributed by atoms with Crippen LogP contribution in [0.25, 0.3) is 11.2 Å². The average Bonchev–Trinajstić information content (AvgIpc) is 3.00. The second kappa shape index (κ2) is 6.19. The highest BCUT2D eigenvalue weighted by atomic mass is 16.5. The molecule has 1 aliphatic carbocycles. The highest BCUT2D eigenvalue weighted by Crippen LogP contribution is 2.27. The minimum absolute atomic E-state index is 0.0442. The van der Waals surface area contributed by atoms with Crippen molar-refractivity contribution in [3.05, 3.63) is 29.8 Å². The number of rotatable bonds is 5. The number of fused-ring (bicyclic) bond motifs is 1. The number of aliphatic hydroxyl groups is 1. The molecule has 0 aliphatic heterocycles. The van der Waals surface area contributed by atoms with E-state index in [1.54, 1.807) is 10.9 Å². The lowest BCUT2D eigenvalue weighted by atomic mass is 9.98. The molecule has 3 rings (SSSR count). The quantitative estimate of drug-likeness (QED) is 0.721. The lowest BCUT2D eigenvalue weighted by molar-refractivity contribution is 0.00255. The van der Waals surface area contributed by atoms with Gasteiger partial charge in [-0.05, 0) is 31.3 Å². The number of H-pyrrole nitrogens is 1. The van der Waals surface area contributed by atoms with Crippen LogP contribution in [0.15, 0.2) is 24.3 Å². The van der Waals surface area contributed by atoms with E-state index in [0.717, 1.165) is 24.8 Å². The van der Waals surface area contributed by atoms with Crippen LogP contribution < -0.4 is 5.49 Å². The van der Waals surface area contributed by atoms with Crippen LogP contribution in [0, 0.1) is 5.41 Å². The maximum Gasteiger partial charge on any atom is 0.182 e. The maximum absolute atomic E-state index is 9.04. The Morgan fingerprint density at radius 2 is 2.33 bits per heavy atom. The van der Waals surface area contributed by atoms with Crippen LogP contribution in [0.1, 0.15) is 31.9 Å². The van der Waals surface area contributed by atoms with Crippen molar-refractivity contribution in [3.8, 4) is 0 Å². The molecule has 0 saturated heterocycles. The first-order valence-electron chi connectivity index (χ1n) is 7.17. The molecule has 3 N–H and O–H groups in total. The van der Waals surface area contributed by atoms with Crippen LogP contribution in [0.2, 0.25) is 0 Å². The van der Waals surface area contributed by atoms with Gasteiger partial charge in [-0.25, -0.2) is 9.97 Å². The molecule has 1 aliphatic rings. The van der Waals surface area contributed by atoms with E-state index >= 15 is 0 Å². The number of imidazole rings is 1. The fraction of sp³-hybridized carbons (Fsp3) is 0.500. The predicted octanol–water partition coefficient (Wildman–Crippen LogP) is 1.25. The van der Waals surface area contributed by atoms with E-state index in [-0.39, 0.29) is 24.9 Å². The second-order valence-electron chi connectivity index (χ2n) is 5.07. The van der Waals surface area contributed by atoms with Crippen molar-refractivity contribution >= 4 is 11.2 Å². The molecule has 0 amide bonds. The Bertz CT molecular complexity index is 703. The molecule has 2 aromatic rings. The van der Waals surface area contributed by atoms with E-state index in [1.807, 2.05) is 0 Å². The van der Waals surface area contributed by atoms with Gasteiger partial charge in [-0.2, -0.15) is 0 Å². The van der Waals surface area contributed by atoms with Gasteiger partial charge in [0.05, 0.1) is 19.5 Å². The molecule has 2 aromatic heterocycles. The number of hydrogen-bond donors (Lipinski definition) is 3. The Kier molecular flexibility index (Phi) is 4.12. The summed E-state index contributed by atoms with van der Waals surface area (Å²) in [5.74, 6) is 0. The number of nitrogens with one attached hydrogen (secondary N) is 2. The number of aromatic amines is 1. The Labute approximate surface area is 121 Å². The minimum Gasteiger partial charge on any atom is -0.394 e. The lowest BCUT2D eigenvalue weighted by Crippen LogP contribution is -2.29. The predicted molar refractivity (Wildman–Crippen MR) is 76.4 cm³/mol. The van der Waals surface area contributed by atoms with Crippen molar-refractivity contribution in [1.29, 1.82) is 5.41 Å². The molecule has 0 fully saturated rings. The summed E-state index contributed by atoms with van der Waals surface area (Å²) >= 11 is 0. The normalized spacial score (nSPS) is 16.9. The summed E-state index contributed by atoms with van der Waals surface area (Å²) in [4.78, 5) is 11.3. The molecule has 1 atom stereocenters. The van der Waals surface area contributed by atoms with E-state index in [2.05, 4.69) is 21.0 Å². The molecule has 1 unspecified atom stereocenters. The van der Waals surface area contributed by atoms with Crippen LogP contribution in [0.3, 0.4) is 0 Å². The van der Waals surface area contributed by atoms with Gasteiger partial charge in [-0.15, -0.1) is 0 Å². The highest BCUT2D eigenvalue weighted by Gasteiger charge is 2.20. The first-order chi connectivity index (χ1) is 10.3. The summed E-state index contributed by atoms with van der Waals surface area (Å²) in [6.45, 7) is 0.187. The standard InChI is InChI=1S/C14H19N5O2/c15-12-11-13(17-8-16-11)18-9-19(12)14(21-7-6-20)10-4-2-1-3-5-10/h4,8-9,14-15,20H,1-3,5-7H2,(H,16,17). The second-order valence-corrected chi connectivity index (χ2v) is 5.07. The van der Waals surface area contributed by atoms with Crippen molar-refractivity contribution in [2.45, 2.75) is 31.9 Å². The smallest absolute Gasteiger partial charge is 0.182 e. The SMILES string of the molecule is N=c1c2[nH]cnc2ncn1C(OCCO)C1=CCCCC1. The van der Waals surface area contributed by atoms with Crippen molar-refractivity contribution in [2.24, 2.45) is 0 Å². The summed E-state index contributed by atoms with van der Waals surface area (Å²) in [5, 5.41) is 17.4. The van der Waals surface area contributed by atoms with Gasteiger partial charge < -0.3 is 14.8 Å². The first-order valence-corrected chi connectivity index (χ1v) is 7.17. The van der Waals surface area contributed by atoms with Gasteiger partial charge in [0.25, 0.3) is 0 Å². The summed E-state index contributed by atoms with van der Waals surface area (Å²) < 4.78 is 7.46. The molecule has 7 heteroatoms. The molecule has 0 saturated carbocycles. The largest absolute Gasteiger partial charge is 0.394 e. The first kappa shape index (κ1) is 14.0. The zero-order valence-corrected chi connectivity index (χ0v) is 11.7. The van der Waals surface area contributed by atoms with Gasteiger partial charge in [0.15, 0.2) is 17.4 Å². The Hall–Kier alpha value is -1.99. The van der Waals surface area contributed by atoms with Crippen LogP contribution in [0.5, 0.6) is 0 Å². The van der Waals surface area contributed by atoms with Gasteiger partial charge in [-0.3, -0.25) is 9.98 Å². The summed E-state index contributed by atoms with van der Waals surface area (Å²) in [6, 6.07) is 0. The maximum atomic E-state index is 9.04. The number of hydrogen-bond acceptors (Lipinski definition) is 5. The van der Waals surface area contributed by atoms with Crippen molar-refractivity contribution < 1.29 is 9.84 Å². The molecule has 0 spiro atoms. The number of aromatic nitrogens is 4. The van der Waals surface area contributed by atoms with Gasteiger partial charge >= 0.3 is 0 Å². The third-order valence-electron chi connectivity index (χ3n) is 3.68. The van der Waals surface area contributed by atoms with Gasteiger partial charge in [0.2, 0.25) is 0 Å². The molecule has 0 radical (unpaired) electrons. The van der Waals surface area contributed by atoms with Crippen molar-refractivity contribution in [2.75, 3.05) is 13.2 Å². The number of allylic oxidation sites excluding steroid dienone is 1. The summed E-state index contributed by atoms with van der Waals surface area (Å²) in [7, 11) is 0. The number of ether oxygens (including phenoxy) is 1. The molecule has 2 heterocycles. The van der Waals surface area contributed by atoms with Gasteiger partial charge in [0, 0.05) is 0 Å². The Morgan fingerprint density at radius 1 is 1.43 bits per heavy atom. The van der Waals surface area contributed by atoms with Gasteiger partial charge in [-0.1, -0.05) is 6.08 Å². The zero-order chi connectivity index (χ0) is 14.7. The topological polar surface area (TPSA) is 99.8 Å². The average molecular weight is 289 g/mol. The third-order valence-corrected chi connectivity index (χ3v) is 3.68. The van der Waals surface area contributed by atoms with Crippen LogP contribution >= 0.6 is 0 Å². The number of nitrogens with zero attached hydrogens (tertiary/aromatic N) is 3.